The van der Waals surface area contributed by atoms with Crippen molar-refractivity contribution in [2.45, 2.75) is 10.4 Å². The van der Waals surface area contributed by atoms with E-state index in [0.29, 0.717) is 0 Å². The molecule has 0 radical (unpaired) electrons. The van der Waals surface area contributed by atoms with Gasteiger partial charge in [-0.3, -0.25) is 0 Å². The SMILES string of the molecule is Br.Fc1ccc(S)cc1.NC(CO)(CO)CO. The van der Waals surface area contributed by atoms with Gasteiger partial charge in [-0.1, -0.05) is 0 Å². The van der Waals surface area contributed by atoms with Gasteiger partial charge in [0.2, 0.25) is 0 Å². The van der Waals surface area contributed by atoms with Gasteiger partial charge in [0.05, 0.1) is 25.4 Å². The van der Waals surface area contributed by atoms with Crippen LogP contribution in [0.4, 0.5) is 4.39 Å². The molecule has 4 nitrogen and oxygen atoms in total. The maximum absolute atomic E-state index is 12.1. The Bertz CT molecular complexity index is 267. The molecular formula is C10H17BrFNO3S. The van der Waals surface area contributed by atoms with Crippen LogP contribution in [0.2, 0.25) is 0 Å². The lowest BCUT2D eigenvalue weighted by Gasteiger charge is -2.20. The smallest absolute Gasteiger partial charge is 0.123 e. The number of aliphatic hydroxyl groups excluding tert-OH is 3. The van der Waals surface area contributed by atoms with E-state index >= 15 is 0 Å². The van der Waals surface area contributed by atoms with E-state index in [9.17, 15) is 4.39 Å². The Morgan fingerprint density at radius 2 is 1.41 bits per heavy atom. The number of thiol groups is 1. The summed E-state index contributed by atoms with van der Waals surface area (Å²) in [5, 5.41) is 25.0. The van der Waals surface area contributed by atoms with Crippen molar-refractivity contribution in [2.24, 2.45) is 5.73 Å². The first-order chi connectivity index (χ1) is 7.47. The summed E-state index contributed by atoms with van der Waals surface area (Å²) in [6.07, 6.45) is 0. The number of benzene rings is 1. The monoisotopic (exact) mass is 329 g/mol. The summed E-state index contributed by atoms with van der Waals surface area (Å²) < 4.78 is 12.1. The Hall–Kier alpha value is -0.180. The van der Waals surface area contributed by atoms with E-state index in [1.807, 2.05) is 0 Å². The van der Waals surface area contributed by atoms with Crippen molar-refractivity contribution in [3.8, 4) is 0 Å². The second-order valence-corrected chi connectivity index (χ2v) is 3.83. The van der Waals surface area contributed by atoms with Crippen LogP contribution in [-0.2, 0) is 0 Å². The normalized spacial score (nSPS) is 10.0. The lowest BCUT2D eigenvalue weighted by atomic mass is 10.1. The Balaban J connectivity index is 0. The predicted molar refractivity (Wildman–Crippen MR) is 72.1 cm³/mol. The lowest BCUT2D eigenvalue weighted by Crippen LogP contribution is -2.50. The average molecular weight is 330 g/mol. The highest BCUT2D eigenvalue weighted by Crippen LogP contribution is 2.05. The highest BCUT2D eigenvalue weighted by molar-refractivity contribution is 8.93. The van der Waals surface area contributed by atoms with Crippen molar-refractivity contribution in [3.05, 3.63) is 30.1 Å². The Labute approximate surface area is 115 Å². The van der Waals surface area contributed by atoms with Gasteiger partial charge < -0.3 is 21.1 Å². The van der Waals surface area contributed by atoms with Crippen LogP contribution in [0.1, 0.15) is 0 Å². The fourth-order valence-corrected chi connectivity index (χ4v) is 0.740. The maximum Gasteiger partial charge on any atom is 0.123 e. The number of rotatable bonds is 3. The molecule has 0 fully saturated rings. The van der Waals surface area contributed by atoms with Crippen molar-refractivity contribution in [1.29, 1.82) is 0 Å². The molecule has 0 bridgehead atoms. The molecule has 100 valence electrons. The topological polar surface area (TPSA) is 86.7 Å². The zero-order valence-electron chi connectivity index (χ0n) is 9.08. The van der Waals surface area contributed by atoms with Gasteiger partial charge in [-0.05, 0) is 24.3 Å². The Morgan fingerprint density at radius 3 is 1.59 bits per heavy atom. The minimum atomic E-state index is -1.21. The van der Waals surface area contributed by atoms with E-state index in [1.54, 1.807) is 12.1 Å². The van der Waals surface area contributed by atoms with E-state index in [4.69, 9.17) is 21.1 Å². The summed E-state index contributed by atoms with van der Waals surface area (Å²) in [5.74, 6) is -0.220. The molecule has 0 aliphatic carbocycles. The third-order valence-corrected chi connectivity index (χ3v) is 2.07. The van der Waals surface area contributed by atoms with Gasteiger partial charge in [0.25, 0.3) is 0 Å². The van der Waals surface area contributed by atoms with Gasteiger partial charge in [0.15, 0.2) is 0 Å². The zero-order valence-corrected chi connectivity index (χ0v) is 11.7. The number of hydrogen-bond donors (Lipinski definition) is 5. The van der Waals surface area contributed by atoms with Crippen LogP contribution in [0.15, 0.2) is 29.2 Å². The van der Waals surface area contributed by atoms with Crippen LogP contribution < -0.4 is 5.73 Å². The van der Waals surface area contributed by atoms with E-state index < -0.39 is 25.4 Å². The van der Waals surface area contributed by atoms with Crippen molar-refractivity contribution in [2.75, 3.05) is 19.8 Å². The minimum Gasteiger partial charge on any atom is -0.394 e. The second kappa shape index (κ2) is 9.81. The Morgan fingerprint density at radius 1 is 1.06 bits per heavy atom. The largest absolute Gasteiger partial charge is 0.394 e. The molecule has 0 aromatic heterocycles. The van der Waals surface area contributed by atoms with Gasteiger partial charge >= 0.3 is 0 Å². The summed E-state index contributed by atoms with van der Waals surface area (Å²) >= 11 is 3.97. The van der Waals surface area contributed by atoms with Crippen molar-refractivity contribution >= 4 is 29.6 Å². The fraction of sp³-hybridized carbons (Fsp3) is 0.400. The maximum atomic E-state index is 12.1. The van der Waals surface area contributed by atoms with Crippen LogP contribution in [0.5, 0.6) is 0 Å². The quantitative estimate of drug-likeness (QED) is 0.518. The third kappa shape index (κ3) is 8.53. The molecule has 7 heteroatoms. The van der Waals surface area contributed by atoms with E-state index in [0.717, 1.165) is 4.90 Å². The van der Waals surface area contributed by atoms with Crippen LogP contribution in [0.3, 0.4) is 0 Å². The summed E-state index contributed by atoms with van der Waals surface area (Å²) in [6.45, 7) is -1.21. The molecule has 0 saturated heterocycles. The summed E-state index contributed by atoms with van der Waals surface area (Å²) in [7, 11) is 0. The summed E-state index contributed by atoms with van der Waals surface area (Å²) in [4.78, 5) is 0.784. The van der Waals surface area contributed by atoms with Gasteiger partial charge in [-0.15, -0.1) is 29.6 Å². The van der Waals surface area contributed by atoms with E-state index in [1.165, 1.54) is 12.1 Å². The summed E-state index contributed by atoms with van der Waals surface area (Å²) in [6, 6.07) is 5.97. The van der Waals surface area contributed by atoms with E-state index in [-0.39, 0.29) is 22.8 Å². The molecule has 0 spiro atoms. The molecule has 0 aliphatic rings. The van der Waals surface area contributed by atoms with Crippen LogP contribution in [-0.4, -0.2) is 40.7 Å². The molecule has 1 aromatic rings. The first-order valence-corrected chi connectivity index (χ1v) is 4.98. The van der Waals surface area contributed by atoms with Gasteiger partial charge in [0, 0.05) is 4.90 Å². The Kier molecular flexibility index (Phi) is 11.1. The van der Waals surface area contributed by atoms with Gasteiger partial charge in [-0.2, -0.15) is 0 Å². The molecule has 5 N–H and O–H groups in total. The van der Waals surface area contributed by atoms with Crippen molar-refractivity contribution in [1.82, 2.24) is 0 Å². The summed E-state index contributed by atoms with van der Waals surface area (Å²) in [5.41, 5.74) is 3.94. The zero-order chi connectivity index (χ0) is 12.6. The first kappa shape index (κ1) is 19.2. The van der Waals surface area contributed by atoms with Gasteiger partial charge in [-0.25, -0.2) is 4.39 Å². The number of hydrogen-bond acceptors (Lipinski definition) is 5. The molecule has 0 amide bonds. The molecule has 1 aromatic carbocycles. The first-order valence-electron chi connectivity index (χ1n) is 4.53. The molecule has 17 heavy (non-hydrogen) atoms. The lowest BCUT2D eigenvalue weighted by molar-refractivity contribution is 0.0698. The number of aliphatic hydroxyl groups is 3. The van der Waals surface area contributed by atoms with Crippen LogP contribution in [0, 0.1) is 5.82 Å². The van der Waals surface area contributed by atoms with Crippen LogP contribution >= 0.6 is 29.6 Å². The highest BCUT2D eigenvalue weighted by Gasteiger charge is 2.20. The fourth-order valence-electron chi connectivity index (χ4n) is 0.591. The van der Waals surface area contributed by atoms with Crippen molar-refractivity contribution < 1.29 is 19.7 Å². The minimum absolute atomic E-state index is 0. The van der Waals surface area contributed by atoms with Crippen molar-refractivity contribution in [3.63, 3.8) is 0 Å². The van der Waals surface area contributed by atoms with Crippen LogP contribution in [0.25, 0.3) is 0 Å². The molecular weight excluding hydrogens is 313 g/mol. The standard InChI is InChI=1S/C6H5FS.C4H11NO3.BrH/c7-5-1-3-6(8)4-2-5;5-4(1-6,2-7)3-8;/h1-4,8H;6-8H,1-3,5H2;1H. The molecule has 0 heterocycles. The molecule has 0 aliphatic heterocycles. The second-order valence-electron chi connectivity index (χ2n) is 3.31. The van der Waals surface area contributed by atoms with Gasteiger partial charge in [0.1, 0.15) is 5.82 Å². The molecule has 0 saturated carbocycles. The van der Waals surface area contributed by atoms with E-state index in [2.05, 4.69) is 12.6 Å². The number of halogens is 2. The molecule has 1 rings (SSSR count). The number of nitrogens with two attached hydrogens (primary N) is 1. The highest BCUT2D eigenvalue weighted by atomic mass is 79.9. The average Bonchev–Trinajstić information content (AvgIpc) is 2.33. The molecule has 0 atom stereocenters. The third-order valence-electron chi connectivity index (χ3n) is 1.77. The predicted octanol–water partition coefficient (Wildman–Crippen LogP) is 0.353. The molecule has 0 unspecified atom stereocenters.